The van der Waals surface area contributed by atoms with E-state index in [0.29, 0.717) is 31.0 Å². The molecular formula is C20H23ClN2O3S2. The van der Waals surface area contributed by atoms with Crippen molar-refractivity contribution in [3.8, 4) is 0 Å². The van der Waals surface area contributed by atoms with Gasteiger partial charge in [0.25, 0.3) is 0 Å². The molecule has 150 valence electrons. The maximum absolute atomic E-state index is 13.3. The molecule has 2 saturated heterocycles. The van der Waals surface area contributed by atoms with Crippen LogP contribution in [-0.2, 0) is 14.6 Å². The molecule has 8 heteroatoms. The van der Waals surface area contributed by atoms with Gasteiger partial charge in [0, 0.05) is 41.1 Å². The number of halogens is 1. The van der Waals surface area contributed by atoms with E-state index in [1.54, 1.807) is 11.3 Å². The van der Waals surface area contributed by atoms with Gasteiger partial charge >= 0.3 is 0 Å². The summed E-state index contributed by atoms with van der Waals surface area (Å²) in [5.41, 5.74) is 1.06. The number of benzene rings is 1. The summed E-state index contributed by atoms with van der Waals surface area (Å²) in [5, 5.41) is 2.73. The van der Waals surface area contributed by atoms with Gasteiger partial charge < -0.3 is 9.80 Å². The molecular weight excluding hydrogens is 416 g/mol. The van der Waals surface area contributed by atoms with Crippen LogP contribution in [0.25, 0.3) is 0 Å². The van der Waals surface area contributed by atoms with Gasteiger partial charge in [-0.2, -0.15) is 0 Å². The molecule has 28 heavy (non-hydrogen) atoms. The smallest absolute Gasteiger partial charge is 0.226 e. The van der Waals surface area contributed by atoms with Gasteiger partial charge in [0.15, 0.2) is 0 Å². The van der Waals surface area contributed by atoms with E-state index in [9.17, 15) is 13.2 Å². The summed E-state index contributed by atoms with van der Waals surface area (Å²) in [7, 11) is -2.97. The predicted octanol–water partition coefficient (Wildman–Crippen LogP) is 3.62. The molecule has 2 aromatic rings. The first-order valence-electron chi connectivity index (χ1n) is 9.48. The van der Waals surface area contributed by atoms with E-state index < -0.39 is 9.84 Å². The van der Waals surface area contributed by atoms with Crippen molar-refractivity contribution in [3.63, 3.8) is 0 Å². The summed E-state index contributed by atoms with van der Waals surface area (Å²) >= 11 is 7.82. The van der Waals surface area contributed by atoms with Gasteiger partial charge in [-0.1, -0.05) is 23.7 Å². The number of nitrogens with zero attached hydrogens (tertiary/aromatic N) is 2. The van der Waals surface area contributed by atoms with Gasteiger partial charge in [0.1, 0.15) is 9.84 Å². The van der Waals surface area contributed by atoms with E-state index in [1.807, 2.05) is 40.6 Å². The fourth-order valence-corrected chi connectivity index (χ4v) is 6.56. The summed E-state index contributed by atoms with van der Waals surface area (Å²) in [4.78, 5) is 18.7. The molecule has 0 aliphatic carbocycles. The average Bonchev–Trinajstić information content (AvgIpc) is 3.22. The van der Waals surface area contributed by atoms with Crippen LogP contribution in [0.1, 0.15) is 23.8 Å². The standard InChI is InChI=1S/C20H23ClN2O3S2/c21-16-3-1-4-17(13-16)22-8-9-23(18(14-22)19-5-2-10-27-19)20(24)15-6-11-28(25,26)12-7-15/h1-5,10,13,15,18H,6-9,11-12,14H2. The summed E-state index contributed by atoms with van der Waals surface area (Å²) in [6, 6.07) is 11.9. The summed E-state index contributed by atoms with van der Waals surface area (Å²) < 4.78 is 23.5. The second kappa shape index (κ2) is 8.05. The minimum Gasteiger partial charge on any atom is -0.367 e. The molecule has 0 spiro atoms. The van der Waals surface area contributed by atoms with E-state index >= 15 is 0 Å². The first-order chi connectivity index (χ1) is 13.4. The van der Waals surface area contributed by atoms with Gasteiger partial charge in [0.05, 0.1) is 17.5 Å². The van der Waals surface area contributed by atoms with Crippen molar-refractivity contribution in [2.45, 2.75) is 18.9 Å². The highest BCUT2D eigenvalue weighted by Crippen LogP contribution is 2.34. The van der Waals surface area contributed by atoms with Crippen LogP contribution in [0.5, 0.6) is 0 Å². The Balaban J connectivity index is 1.55. The number of anilines is 1. The van der Waals surface area contributed by atoms with Crippen LogP contribution in [0.2, 0.25) is 5.02 Å². The third-order valence-electron chi connectivity index (χ3n) is 5.61. The molecule has 2 aliphatic rings. The van der Waals surface area contributed by atoms with Gasteiger partial charge in [0.2, 0.25) is 5.91 Å². The van der Waals surface area contributed by atoms with Crippen molar-refractivity contribution in [3.05, 3.63) is 51.7 Å². The number of hydrogen-bond acceptors (Lipinski definition) is 5. The van der Waals surface area contributed by atoms with Gasteiger partial charge in [-0.25, -0.2) is 8.42 Å². The topological polar surface area (TPSA) is 57.7 Å². The van der Waals surface area contributed by atoms with Crippen molar-refractivity contribution >= 4 is 44.4 Å². The van der Waals surface area contributed by atoms with E-state index in [0.717, 1.165) is 17.1 Å². The molecule has 3 heterocycles. The van der Waals surface area contributed by atoms with Crippen LogP contribution in [-0.4, -0.2) is 50.4 Å². The quantitative estimate of drug-likeness (QED) is 0.734. The van der Waals surface area contributed by atoms with Crippen molar-refractivity contribution in [2.75, 3.05) is 36.0 Å². The Kier molecular flexibility index (Phi) is 5.67. The molecule has 2 aliphatic heterocycles. The van der Waals surface area contributed by atoms with Crippen LogP contribution in [0, 0.1) is 5.92 Å². The highest BCUT2D eigenvalue weighted by Gasteiger charge is 2.37. The van der Waals surface area contributed by atoms with E-state index in [4.69, 9.17) is 11.6 Å². The van der Waals surface area contributed by atoms with Crippen LogP contribution in [0.3, 0.4) is 0 Å². The van der Waals surface area contributed by atoms with Crippen molar-refractivity contribution < 1.29 is 13.2 Å². The second-order valence-corrected chi connectivity index (χ2v) is 11.1. The molecule has 1 amide bonds. The van der Waals surface area contributed by atoms with Crippen molar-refractivity contribution in [1.29, 1.82) is 0 Å². The lowest BCUT2D eigenvalue weighted by molar-refractivity contribution is -0.138. The number of rotatable bonds is 3. The van der Waals surface area contributed by atoms with E-state index in [1.165, 1.54) is 0 Å². The number of piperazine rings is 1. The number of carbonyl (C=O) groups is 1. The van der Waals surface area contributed by atoms with Crippen LogP contribution in [0.4, 0.5) is 5.69 Å². The fraction of sp³-hybridized carbons (Fsp3) is 0.450. The second-order valence-electron chi connectivity index (χ2n) is 7.41. The minimum absolute atomic E-state index is 0.0289. The third-order valence-corrected chi connectivity index (χ3v) is 8.54. The molecule has 0 bridgehead atoms. The van der Waals surface area contributed by atoms with Crippen LogP contribution in [0.15, 0.2) is 41.8 Å². The molecule has 1 aromatic heterocycles. The lowest BCUT2D eigenvalue weighted by Gasteiger charge is -2.43. The van der Waals surface area contributed by atoms with Crippen LogP contribution >= 0.6 is 22.9 Å². The maximum Gasteiger partial charge on any atom is 0.226 e. The zero-order valence-corrected chi connectivity index (χ0v) is 17.8. The highest BCUT2D eigenvalue weighted by molar-refractivity contribution is 7.91. The lowest BCUT2D eigenvalue weighted by Crippen LogP contribution is -2.52. The van der Waals surface area contributed by atoms with Crippen molar-refractivity contribution in [1.82, 2.24) is 4.90 Å². The van der Waals surface area contributed by atoms with Crippen molar-refractivity contribution in [2.24, 2.45) is 5.92 Å². The zero-order chi connectivity index (χ0) is 19.7. The normalized spacial score (nSPS) is 23.0. The highest BCUT2D eigenvalue weighted by atomic mass is 35.5. The summed E-state index contributed by atoms with van der Waals surface area (Å²) in [6.07, 6.45) is 0.875. The molecule has 0 saturated carbocycles. The Labute approximate surface area is 174 Å². The SMILES string of the molecule is O=C(C1CCS(=O)(=O)CC1)N1CCN(c2cccc(Cl)c2)CC1c1cccs1. The lowest BCUT2D eigenvalue weighted by atomic mass is 9.98. The summed E-state index contributed by atoms with van der Waals surface area (Å²) in [5.74, 6) is 0.147. The summed E-state index contributed by atoms with van der Waals surface area (Å²) in [6.45, 7) is 2.06. The zero-order valence-electron chi connectivity index (χ0n) is 15.5. The first-order valence-corrected chi connectivity index (χ1v) is 12.6. The molecule has 1 unspecified atom stereocenters. The molecule has 2 fully saturated rings. The predicted molar refractivity (Wildman–Crippen MR) is 114 cm³/mol. The Morgan fingerprint density at radius 1 is 1.11 bits per heavy atom. The third kappa shape index (κ3) is 4.21. The first kappa shape index (κ1) is 19.7. The Morgan fingerprint density at radius 2 is 1.89 bits per heavy atom. The van der Waals surface area contributed by atoms with Gasteiger partial charge in [-0.05, 0) is 42.5 Å². The molecule has 4 rings (SSSR count). The Morgan fingerprint density at radius 3 is 2.57 bits per heavy atom. The number of sulfone groups is 1. The molecule has 5 nitrogen and oxygen atoms in total. The Bertz CT molecular complexity index is 932. The van der Waals surface area contributed by atoms with Gasteiger partial charge in [-0.3, -0.25) is 4.79 Å². The number of hydrogen-bond donors (Lipinski definition) is 0. The number of thiophene rings is 1. The maximum atomic E-state index is 13.3. The van der Waals surface area contributed by atoms with E-state index in [2.05, 4.69) is 11.0 Å². The number of carbonyl (C=O) groups excluding carboxylic acids is 1. The monoisotopic (exact) mass is 438 g/mol. The van der Waals surface area contributed by atoms with Crippen LogP contribution < -0.4 is 4.90 Å². The molecule has 1 atom stereocenters. The Hall–Kier alpha value is -1.57. The molecule has 0 N–H and O–H groups in total. The average molecular weight is 439 g/mol. The molecule has 1 aromatic carbocycles. The fourth-order valence-electron chi connectivity index (χ4n) is 4.05. The number of amides is 1. The molecule has 0 radical (unpaired) electrons. The van der Waals surface area contributed by atoms with E-state index in [-0.39, 0.29) is 29.4 Å². The van der Waals surface area contributed by atoms with Gasteiger partial charge in [-0.15, -0.1) is 11.3 Å². The largest absolute Gasteiger partial charge is 0.367 e. The minimum atomic E-state index is -2.97.